The van der Waals surface area contributed by atoms with Crippen LogP contribution in [0.2, 0.25) is 25.7 Å². The summed E-state index contributed by atoms with van der Waals surface area (Å²) in [5, 5.41) is 11.0. The first-order valence-corrected chi connectivity index (χ1v) is 13.5. The highest BCUT2D eigenvalue weighted by Gasteiger charge is 2.36. The van der Waals surface area contributed by atoms with E-state index in [0.29, 0.717) is 13.2 Å². The highest BCUT2D eigenvalue weighted by Crippen LogP contribution is 2.23. The van der Waals surface area contributed by atoms with Crippen LogP contribution in [-0.2, 0) is 20.8 Å². The van der Waals surface area contributed by atoms with Gasteiger partial charge in [0.2, 0.25) is 0 Å². The summed E-state index contributed by atoms with van der Waals surface area (Å²) >= 11 is 0. The van der Waals surface area contributed by atoms with E-state index in [1.54, 1.807) is 20.1 Å². The van der Waals surface area contributed by atoms with Crippen LogP contribution >= 0.6 is 0 Å². The SMILES string of the molecule is C=C[C@H](C)[C@H](OCOCC[Si](C)(C)C)[C@](C)(O)COCc1ccc(OC)cc1. The molecule has 0 unspecified atom stereocenters. The van der Waals surface area contributed by atoms with Crippen LogP contribution in [-0.4, -0.2) is 52.0 Å². The number of rotatable bonds is 14. The number of hydrogen-bond acceptors (Lipinski definition) is 5. The third kappa shape index (κ3) is 9.34. The third-order valence-electron chi connectivity index (χ3n) is 4.61. The molecule has 0 amide bonds. The van der Waals surface area contributed by atoms with Gasteiger partial charge in [-0.3, -0.25) is 0 Å². The molecule has 0 heterocycles. The Bertz CT molecular complexity index is 565. The molecule has 0 fully saturated rings. The molecule has 0 bridgehead atoms. The number of ether oxygens (including phenoxy) is 4. The van der Waals surface area contributed by atoms with Gasteiger partial charge in [-0.05, 0) is 30.7 Å². The first kappa shape index (κ1) is 24.9. The average molecular weight is 411 g/mol. The van der Waals surface area contributed by atoms with Crippen LogP contribution < -0.4 is 4.74 Å². The molecule has 0 radical (unpaired) electrons. The lowest BCUT2D eigenvalue weighted by Crippen LogP contribution is -2.48. The Kier molecular flexibility index (Phi) is 10.4. The van der Waals surface area contributed by atoms with E-state index < -0.39 is 19.8 Å². The maximum absolute atomic E-state index is 11.0. The second-order valence-corrected chi connectivity index (χ2v) is 14.3. The molecule has 1 N–H and O–H groups in total. The minimum absolute atomic E-state index is 0.0415. The van der Waals surface area contributed by atoms with Gasteiger partial charge in [-0.15, -0.1) is 6.58 Å². The number of hydrogen-bond donors (Lipinski definition) is 1. The second-order valence-electron chi connectivity index (χ2n) is 8.72. The van der Waals surface area contributed by atoms with E-state index in [2.05, 4.69) is 26.2 Å². The molecular formula is C22H38O5Si. The lowest BCUT2D eigenvalue weighted by Gasteiger charge is -2.35. The Morgan fingerprint density at radius 3 is 2.36 bits per heavy atom. The minimum atomic E-state index is -1.16. The van der Waals surface area contributed by atoms with Gasteiger partial charge in [-0.25, -0.2) is 0 Å². The number of methoxy groups -OCH3 is 1. The highest BCUT2D eigenvalue weighted by molar-refractivity contribution is 6.76. The molecule has 5 nitrogen and oxygen atoms in total. The molecule has 160 valence electrons. The van der Waals surface area contributed by atoms with Crippen molar-refractivity contribution in [1.82, 2.24) is 0 Å². The topological polar surface area (TPSA) is 57.2 Å². The van der Waals surface area contributed by atoms with E-state index in [-0.39, 0.29) is 19.3 Å². The smallest absolute Gasteiger partial charge is 0.147 e. The van der Waals surface area contributed by atoms with E-state index in [0.717, 1.165) is 17.4 Å². The van der Waals surface area contributed by atoms with Crippen molar-refractivity contribution < 1.29 is 24.1 Å². The van der Waals surface area contributed by atoms with Crippen LogP contribution in [0.15, 0.2) is 36.9 Å². The summed E-state index contributed by atoms with van der Waals surface area (Å²) in [6.45, 7) is 15.9. The van der Waals surface area contributed by atoms with Gasteiger partial charge in [0.05, 0.1) is 26.4 Å². The van der Waals surface area contributed by atoms with Crippen molar-refractivity contribution in [3.05, 3.63) is 42.5 Å². The summed E-state index contributed by atoms with van der Waals surface area (Å²) in [5.74, 6) is 0.762. The minimum Gasteiger partial charge on any atom is -0.497 e. The lowest BCUT2D eigenvalue weighted by molar-refractivity contribution is -0.185. The molecule has 6 heteroatoms. The Balaban J connectivity index is 2.52. The zero-order valence-corrected chi connectivity index (χ0v) is 19.4. The van der Waals surface area contributed by atoms with Crippen molar-refractivity contribution in [1.29, 1.82) is 0 Å². The first-order chi connectivity index (χ1) is 13.1. The Morgan fingerprint density at radius 1 is 1.18 bits per heavy atom. The molecule has 1 aromatic carbocycles. The standard InChI is InChI=1S/C22H38O5Si/c1-8-18(2)21(27-17-25-13-14-28(5,6)7)22(3,23)16-26-15-19-9-11-20(24-4)12-10-19/h8-12,18,21,23H,1,13-17H2,2-7H3/t18-,21-,22+/m0/s1. The van der Waals surface area contributed by atoms with Crippen LogP contribution in [0.25, 0.3) is 0 Å². The van der Waals surface area contributed by atoms with Gasteiger partial charge in [0.1, 0.15) is 18.1 Å². The summed E-state index contributed by atoms with van der Waals surface area (Å²) in [7, 11) is 0.508. The van der Waals surface area contributed by atoms with Crippen molar-refractivity contribution in [2.24, 2.45) is 5.92 Å². The Hall–Kier alpha value is -1.18. The quantitative estimate of drug-likeness (QED) is 0.212. The maximum Gasteiger partial charge on any atom is 0.147 e. The molecule has 0 aromatic heterocycles. The summed E-state index contributed by atoms with van der Waals surface area (Å²) in [6, 6.07) is 8.75. The maximum atomic E-state index is 11.0. The molecule has 28 heavy (non-hydrogen) atoms. The molecular weight excluding hydrogens is 372 g/mol. The summed E-state index contributed by atoms with van der Waals surface area (Å²) in [5.41, 5.74) is -0.150. The van der Waals surface area contributed by atoms with E-state index >= 15 is 0 Å². The monoisotopic (exact) mass is 410 g/mol. The molecule has 0 aliphatic carbocycles. The Morgan fingerprint density at radius 2 is 1.82 bits per heavy atom. The molecule has 1 rings (SSSR count). The van der Waals surface area contributed by atoms with Gasteiger partial charge in [0.25, 0.3) is 0 Å². The molecule has 0 saturated heterocycles. The van der Waals surface area contributed by atoms with Gasteiger partial charge in [-0.1, -0.05) is 44.8 Å². The fourth-order valence-electron chi connectivity index (χ4n) is 2.76. The largest absolute Gasteiger partial charge is 0.497 e. The second kappa shape index (κ2) is 11.7. The average Bonchev–Trinajstić information content (AvgIpc) is 2.63. The summed E-state index contributed by atoms with van der Waals surface area (Å²) in [6.07, 6.45) is 1.32. The third-order valence-corrected chi connectivity index (χ3v) is 6.32. The van der Waals surface area contributed by atoms with Crippen molar-refractivity contribution in [2.45, 2.75) is 57.8 Å². The van der Waals surface area contributed by atoms with Gasteiger partial charge in [0, 0.05) is 20.6 Å². The predicted octanol–water partition coefficient (Wildman–Crippen LogP) is 4.48. The number of benzene rings is 1. The van der Waals surface area contributed by atoms with Crippen LogP contribution in [0.3, 0.4) is 0 Å². The zero-order chi connectivity index (χ0) is 21.2. The molecule has 0 aliphatic rings. The van der Waals surface area contributed by atoms with Gasteiger partial charge < -0.3 is 24.1 Å². The van der Waals surface area contributed by atoms with Gasteiger partial charge >= 0.3 is 0 Å². The van der Waals surface area contributed by atoms with E-state index in [9.17, 15) is 5.11 Å². The lowest BCUT2D eigenvalue weighted by atomic mass is 9.90. The van der Waals surface area contributed by atoms with Crippen LogP contribution in [0, 0.1) is 5.92 Å². The van der Waals surface area contributed by atoms with Crippen molar-refractivity contribution in [3.8, 4) is 5.75 Å². The zero-order valence-electron chi connectivity index (χ0n) is 18.4. The normalized spacial score (nSPS) is 16.2. The van der Waals surface area contributed by atoms with Crippen LogP contribution in [0.4, 0.5) is 0 Å². The fraction of sp³-hybridized carbons (Fsp3) is 0.636. The number of aliphatic hydroxyl groups is 1. The van der Waals surface area contributed by atoms with Gasteiger partial charge in [0.15, 0.2) is 0 Å². The first-order valence-electron chi connectivity index (χ1n) is 9.84. The van der Waals surface area contributed by atoms with Crippen LogP contribution in [0.1, 0.15) is 19.4 Å². The highest BCUT2D eigenvalue weighted by atomic mass is 28.3. The van der Waals surface area contributed by atoms with E-state index in [4.69, 9.17) is 18.9 Å². The fourth-order valence-corrected chi connectivity index (χ4v) is 3.52. The van der Waals surface area contributed by atoms with Crippen LogP contribution in [0.5, 0.6) is 5.75 Å². The Labute approximate surface area is 171 Å². The predicted molar refractivity (Wildman–Crippen MR) is 116 cm³/mol. The molecule has 0 aliphatic heterocycles. The molecule has 0 saturated carbocycles. The van der Waals surface area contributed by atoms with Crippen molar-refractivity contribution >= 4 is 8.07 Å². The molecule has 1 aromatic rings. The van der Waals surface area contributed by atoms with Gasteiger partial charge in [-0.2, -0.15) is 0 Å². The van der Waals surface area contributed by atoms with Crippen molar-refractivity contribution in [2.75, 3.05) is 27.1 Å². The van der Waals surface area contributed by atoms with E-state index in [1.165, 1.54) is 0 Å². The molecule has 3 atom stereocenters. The van der Waals surface area contributed by atoms with Crippen molar-refractivity contribution in [3.63, 3.8) is 0 Å². The van der Waals surface area contributed by atoms with E-state index in [1.807, 2.05) is 31.2 Å². The summed E-state index contributed by atoms with van der Waals surface area (Å²) < 4.78 is 22.4. The molecule has 0 spiro atoms. The summed E-state index contributed by atoms with van der Waals surface area (Å²) in [4.78, 5) is 0.